The Labute approximate surface area is 78.5 Å². The molecular weight excluding hydrogens is 196 g/mol. The summed E-state index contributed by atoms with van der Waals surface area (Å²) in [7, 11) is 0. The summed E-state index contributed by atoms with van der Waals surface area (Å²) in [4.78, 5) is 0. The first-order valence-electron chi connectivity index (χ1n) is 4.25. The van der Waals surface area contributed by atoms with Crippen LogP contribution in [0.1, 0.15) is 5.56 Å². The molecule has 0 bridgehead atoms. The first-order chi connectivity index (χ1) is 6.58. The first kappa shape index (κ1) is 9.49. The van der Waals surface area contributed by atoms with Crippen LogP contribution in [0.25, 0.3) is 0 Å². The zero-order valence-electron chi connectivity index (χ0n) is 7.13. The third kappa shape index (κ3) is 0.996. The van der Waals surface area contributed by atoms with Crippen molar-refractivity contribution in [2.45, 2.75) is 24.2 Å². The molecular formula is C10H8F4. The van der Waals surface area contributed by atoms with Crippen LogP contribution in [0, 0.1) is 0 Å². The summed E-state index contributed by atoms with van der Waals surface area (Å²) in [5.74, 6) is 0. The highest BCUT2D eigenvalue weighted by Gasteiger charge is 2.67. The molecule has 2 atom stereocenters. The number of rotatable bonds is 1. The lowest BCUT2D eigenvalue weighted by molar-refractivity contribution is -0.178. The van der Waals surface area contributed by atoms with E-state index in [0.29, 0.717) is 0 Å². The number of benzene rings is 1. The number of hydrogen-bond donors (Lipinski definition) is 0. The van der Waals surface area contributed by atoms with Crippen molar-refractivity contribution in [3.05, 3.63) is 35.9 Å². The van der Waals surface area contributed by atoms with Crippen molar-refractivity contribution in [1.82, 2.24) is 0 Å². The molecule has 0 heterocycles. The molecule has 0 nitrogen and oxygen atoms in total. The predicted octanol–water partition coefficient (Wildman–Crippen LogP) is 2.88. The summed E-state index contributed by atoms with van der Waals surface area (Å²) in [6, 6.07) is 7.03. The van der Waals surface area contributed by atoms with Gasteiger partial charge in [-0.25, -0.2) is 17.6 Å². The Morgan fingerprint density at radius 2 is 1.43 bits per heavy atom. The highest BCUT2D eigenvalue weighted by molar-refractivity contribution is 5.32. The maximum absolute atomic E-state index is 13.7. The lowest BCUT2D eigenvalue weighted by Gasteiger charge is -2.44. The molecule has 0 aromatic heterocycles. The molecule has 14 heavy (non-hydrogen) atoms. The molecule has 2 rings (SSSR count). The van der Waals surface area contributed by atoms with E-state index in [1.165, 1.54) is 24.3 Å². The van der Waals surface area contributed by atoms with Crippen LogP contribution in [0.15, 0.2) is 30.3 Å². The molecule has 2 unspecified atom stereocenters. The van der Waals surface area contributed by atoms with E-state index in [2.05, 4.69) is 0 Å². The van der Waals surface area contributed by atoms with Crippen molar-refractivity contribution in [2.24, 2.45) is 0 Å². The minimum absolute atomic E-state index is 0.145. The van der Waals surface area contributed by atoms with Crippen LogP contribution < -0.4 is 0 Å². The quantitative estimate of drug-likeness (QED) is 0.617. The third-order valence-electron chi connectivity index (χ3n) is 2.58. The van der Waals surface area contributed by atoms with Crippen LogP contribution >= 0.6 is 0 Å². The fraction of sp³-hybridized carbons (Fsp3) is 0.400. The second-order valence-electron chi connectivity index (χ2n) is 3.38. The molecule has 1 aromatic carbocycles. The summed E-state index contributed by atoms with van der Waals surface area (Å²) in [6.45, 7) is 0. The molecule has 1 aromatic rings. The van der Waals surface area contributed by atoms with Crippen LogP contribution in [0.4, 0.5) is 17.6 Å². The summed E-state index contributed by atoms with van der Waals surface area (Å²) < 4.78 is 52.0. The molecule has 0 aliphatic heterocycles. The van der Waals surface area contributed by atoms with Gasteiger partial charge in [0.15, 0.2) is 18.5 Å². The highest BCUT2D eigenvalue weighted by Crippen LogP contribution is 2.50. The van der Waals surface area contributed by atoms with Gasteiger partial charge in [0, 0.05) is 0 Å². The molecule has 1 saturated carbocycles. The lowest BCUT2D eigenvalue weighted by Crippen LogP contribution is -2.63. The normalized spacial score (nSPS) is 41.9. The Hall–Kier alpha value is -1.06. The van der Waals surface area contributed by atoms with Crippen LogP contribution in [-0.2, 0) is 5.67 Å². The number of halogens is 4. The fourth-order valence-corrected chi connectivity index (χ4v) is 1.66. The van der Waals surface area contributed by atoms with E-state index >= 15 is 0 Å². The van der Waals surface area contributed by atoms with Crippen molar-refractivity contribution in [3.63, 3.8) is 0 Å². The van der Waals surface area contributed by atoms with Gasteiger partial charge >= 0.3 is 0 Å². The molecule has 1 fully saturated rings. The summed E-state index contributed by atoms with van der Waals surface area (Å²) in [5, 5.41) is 0. The van der Waals surface area contributed by atoms with E-state index in [1.54, 1.807) is 6.07 Å². The van der Waals surface area contributed by atoms with Gasteiger partial charge in [0.05, 0.1) is 0 Å². The van der Waals surface area contributed by atoms with Gasteiger partial charge in [0.2, 0.25) is 5.67 Å². The zero-order valence-corrected chi connectivity index (χ0v) is 7.13. The lowest BCUT2D eigenvalue weighted by atomic mass is 9.71. The third-order valence-corrected chi connectivity index (χ3v) is 2.58. The average Bonchev–Trinajstić information content (AvgIpc) is 2.27. The molecule has 0 saturated heterocycles. The molecule has 1 aliphatic carbocycles. The van der Waals surface area contributed by atoms with Gasteiger partial charge in [0.1, 0.15) is 0 Å². The van der Waals surface area contributed by atoms with Gasteiger partial charge < -0.3 is 0 Å². The Kier molecular flexibility index (Phi) is 2.01. The molecule has 0 amide bonds. The standard InChI is InChI=1S/C10H8F4/c11-7-8(12)10(14,9(7)13)6-4-2-1-3-5-6/h1-5,7-9H. The Bertz CT molecular complexity index is 314. The fourth-order valence-electron chi connectivity index (χ4n) is 1.66. The highest BCUT2D eigenvalue weighted by atomic mass is 19.2. The van der Waals surface area contributed by atoms with Crippen molar-refractivity contribution < 1.29 is 17.6 Å². The van der Waals surface area contributed by atoms with E-state index in [-0.39, 0.29) is 5.56 Å². The summed E-state index contributed by atoms with van der Waals surface area (Å²) in [5.41, 5.74) is -2.95. The van der Waals surface area contributed by atoms with Gasteiger partial charge in [-0.3, -0.25) is 0 Å². The summed E-state index contributed by atoms with van der Waals surface area (Å²) >= 11 is 0. The van der Waals surface area contributed by atoms with E-state index in [4.69, 9.17) is 0 Å². The zero-order chi connectivity index (χ0) is 10.3. The van der Waals surface area contributed by atoms with Crippen molar-refractivity contribution in [3.8, 4) is 0 Å². The molecule has 0 radical (unpaired) electrons. The molecule has 76 valence electrons. The van der Waals surface area contributed by atoms with Crippen LogP contribution in [0.5, 0.6) is 0 Å². The predicted molar refractivity (Wildman–Crippen MR) is 43.9 cm³/mol. The first-order valence-corrected chi connectivity index (χ1v) is 4.25. The Morgan fingerprint density at radius 1 is 0.929 bits per heavy atom. The van der Waals surface area contributed by atoms with Crippen molar-refractivity contribution in [2.75, 3.05) is 0 Å². The summed E-state index contributed by atoms with van der Waals surface area (Å²) in [6.07, 6.45) is -7.15. The van der Waals surface area contributed by atoms with Crippen LogP contribution in [-0.4, -0.2) is 18.5 Å². The SMILES string of the molecule is FC1C(F)C(F)(c2ccccc2)C1F. The molecule has 4 heteroatoms. The largest absolute Gasteiger partial charge is 0.241 e. The van der Waals surface area contributed by atoms with E-state index in [0.717, 1.165) is 0 Å². The average molecular weight is 204 g/mol. The molecule has 0 spiro atoms. The minimum Gasteiger partial charge on any atom is -0.241 e. The number of hydrogen-bond acceptors (Lipinski definition) is 0. The topological polar surface area (TPSA) is 0 Å². The van der Waals surface area contributed by atoms with Crippen molar-refractivity contribution >= 4 is 0 Å². The second-order valence-corrected chi connectivity index (χ2v) is 3.38. The van der Waals surface area contributed by atoms with E-state index < -0.39 is 24.2 Å². The maximum Gasteiger partial charge on any atom is 0.203 e. The molecule has 1 aliphatic rings. The van der Waals surface area contributed by atoms with Gasteiger partial charge in [-0.1, -0.05) is 30.3 Å². The van der Waals surface area contributed by atoms with E-state index in [9.17, 15) is 17.6 Å². The monoisotopic (exact) mass is 204 g/mol. The van der Waals surface area contributed by atoms with Gasteiger partial charge in [-0.2, -0.15) is 0 Å². The Balaban J connectivity index is 2.35. The van der Waals surface area contributed by atoms with Crippen molar-refractivity contribution in [1.29, 1.82) is 0 Å². The van der Waals surface area contributed by atoms with Gasteiger partial charge in [-0.05, 0) is 5.56 Å². The van der Waals surface area contributed by atoms with Crippen LogP contribution in [0.2, 0.25) is 0 Å². The second kappa shape index (κ2) is 2.97. The Morgan fingerprint density at radius 3 is 1.93 bits per heavy atom. The van der Waals surface area contributed by atoms with Gasteiger partial charge in [-0.15, -0.1) is 0 Å². The van der Waals surface area contributed by atoms with Gasteiger partial charge in [0.25, 0.3) is 0 Å². The maximum atomic E-state index is 13.7. The smallest absolute Gasteiger partial charge is 0.203 e. The minimum atomic E-state index is -2.80. The van der Waals surface area contributed by atoms with E-state index in [1.807, 2.05) is 0 Å². The van der Waals surface area contributed by atoms with Crippen LogP contribution in [0.3, 0.4) is 0 Å². The molecule has 0 N–H and O–H groups in total. The number of alkyl halides is 4.